The molecule has 0 spiro atoms. The molecule has 0 saturated heterocycles. The van der Waals surface area contributed by atoms with Gasteiger partial charge in [-0.05, 0) is 18.1 Å². The van der Waals surface area contributed by atoms with Crippen molar-refractivity contribution in [2.45, 2.75) is 19.9 Å². The normalized spacial score (nSPS) is 12.2. The number of hydrogen-bond donors (Lipinski definition) is 2. The first-order valence-corrected chi connectivity index (χ1v) is 7.02. The second kappa shape index (κ2) is 6.62. The number of rotatable bonds is 5. The van der Waals surface area contributed by atoms with Crippen LogP contribution in [0.4, 0.5) is 0 Å². The highest BCUT2D eigenvalue weighted by Crippen LogP contribution is 2.23. The number of hydrogen-bond acceptors (Lipinski definition) is 4. The zero-order chi connectivity index (χ0) is 16.3. The van der Waals surface area contributed by atoms with E-state index in [4.69, 9.17) is 21.2 Å². The molecule has 0 fully saturated rings. The Balaban J connectivity index is 2.17. The van der Waals surface area contributed by atoms with Crippen LogP contribution in [0.2, 0.25) is 5.02 Å². The number of carboxylic acid groups (broad SMARTS) is 1. The largest absolute Gasteiger partial charge is 0.480 e. The molecule has 0 aliphatic carbocycles. The van der Waals surface area contributed by atoms with Gasteiger partial charge in [-0.3, -0.25) is 4.79 Å². The fourth-order valence-corrected chi connectivity index (χ4v) is 2.08. The highest BCUT2D eigenvalue weighted by molar-refractivity contribution is 6.30. The molecular weight excluding hydrogens is 308 g/mol. The number of aliphatic carboxylic acids is 1. The van der Waals surface area contributed by atoms with E-state index in [1.54, 1.807) is 38.1 Å². The number of carbonyl (C=O) groups excluding carboxylic acids is 1. The van der Waals surface area contributed by atoms with Crippen molar-refractivity contribution in [1.82, 2.24) is 10.5 Å². The summed E-state index contributed by atoms with van der Waals surface area (Å²) in [5, 5.41) is 15.7. The molecular formula is C15H15ClN2O4. The minimum Gasteiger partial charge on any atom is -0.480 e. The van der Waals surface area contributed by atoms with Crippen molar-refractivity contribution in [3.63, 3.8) is 0 Å². The smallest absolute Gasteiger partial charge is 0.326 e. The molecule has 0 radical (unpaired) electrons. The molecule has 116 valence electrons. The van der Waals surface area contributed by atoms with Gasteiger partial charge in [0.1, 0.15) is 6.04 Å². The number of carboxylic acids is 1. The van der Waals surface area contributed by atoms with Crippen LogP contribution in [0.5, 0.6) is 0 Å². The van der Waals surface area contributed by atoms with Gasteiger partial charge in [-0.1, -0.05) is 42.7 Å². The summed E-state index contributed by atoms with van der Waals surface area (Å²) in [6.45, 7) is 3.42. The van der Waals surface area contributed by atoms with Crippen LogP contribution in [-0.4, -0.2) is 28.2 Å². The van der Waals surface area contributed by atoms with Gasteiger partial charge in [0.05, 0.1) is 0 Å². The molecule has 0 aliphatic heterocycles. The van der Waals surface area contributed by atoms with E-state index in [1.165, 1.54) is 6.07 Å². The maximum Gasteiger partial charge on any atom is 0.326 e. The molecule has 0 bridgehead atoms. The molecule has 0 aliphatic rings. The van der Waals surface area contributed by atoms with E-state index in [0.717, 1.165) is 0 Å². The van der Waals surface area contributed by atoms with Gasteiger partial charge in [-0.15, -0.1) is 0 Å². The minimum atomic E-state index is -1.10. The molecule has 1 unspecified atom stereocenters. The minimum absolute atomic E-state index is 0.0156. The molecule has 2 aromatic rings. The van der Waals surface area contributed by atoms with E-state index in [2.05, 4.69) is 10.5 Å². The summed E-state index contributed by atoms with van der Waals surface area (Å²) in [7, 11) is 0. The number of aromatic nitrogens is 1. The van der Waals surface area contributed by atoms with Crippen molar-refractivity contribution in [2.75, 3.05) is 0 Å². The SMILES string of the molecule is CC(C)C(NC(=O)c1cc(-c2cccc(Cl)c2)on1)C(=O)O. The predicted molar refractivity (Wildman–Crippen MR) is 80.7 cm³/mol. The van der Waals surface area contributed by atoms with Gasteiger partial charge < -0.3 is 14.9 Å². The lowest BCUT2D eigenvalue weighted by Crippen LogP contribution is -2.44. The van der Waals surface area contributed by atoms with Gasteiger partial charge in [0.25, 0.3) is 5.91 Å². The fourth-order valence-electron chi connectivity index (χ4n) is 1.89. The van der Waals surface area contributed by atoms with Gasteiger partial charge in [0, 0.05) is 16.7 Å². The van der Waals surface area contributed by atoms with E-state index in [1.807, 2.05) is 0 Å². The lowest BCUT2D eigenvalue weighted by atomic mass is 10.0. The average molecular weight is 323 g/mol. The summed E-state index contributed by atoms with van der Waals surface area (Å²) in [5.41, 5.74) is 0.694. The van der Waals surface area contributed by atoms with Crippen LogP contribution in [-0.2, 0) is 4.79 Å². The van der Waals surface area contributed by atoms with Gasteiger partial charge in [-0.2, -0.15) is 0 Å². The van der Waals surface area contributed by atoms with E-state index in [0.29, 0.717) is 16.3 Å². The molecule has 1 heterocycles. The van der Waals surface area contributed by atoms with Crippen LogP contribution in [0.3, 0.4) is 0 Å². The van der Waals surface area contributed by atoms with Gasteiger partial charge in [-0.25, -0.2) is 4.79 Å². The van der Waals surface area contributed by atoms with Gasteiger partial charge in [0.15, 0.2) is 11.5 Å². The molecule has 6 nitrogen and oxygen atoms in total. The summed E-state index contributed by atoms with van der Waals surface area (Å²) in [4.78, 5) is 23.2. The predicted octanol–water partition coefficient (Wildman–Crippen LogP) is 2.83. The Hall–Kier alpha value is -2.34. The van der Waals surface area contributed by atoms with Gasteiger partial charge in [0.2, 0.25) is 0 Å². The molecule has 2 rings (SSSR count). The van der Waals surface area contributed by atoms with Crippen LogP contribution >= 0.6 is 11.6 Å². The lowest BCUT2D eigenvalue weighted by Gasteiger charge is -2.16. The summed E-state index contributed by atoms with van der Waals surface area (Å²) in [6.07, 6.45) is 0. The van der Waals surface area contributed by atoms with Crippen LogP contribution in [0.1, 0.15) is 24.3 Å². The summed E-state index contributed by atoms with van der Waals surface area (Å²) in [6, 6.07) is 7.37. The Morgan fingerprint density at radius 3 is 2.64 bits per heavy atom. The number of nitrogens with zero attached hydrogens (tertiary/aromatic N) is 1. The van der Waals surface area contributed by atoms with Crippen LogP contribution < -0.4 is 5.32 Å². The van der Waals surface area contributed by atoms with Crippen LogP contribution in [0.25, 0.3) is 11.3 Å². The van der Waals surface area contributed by atoms with Crippen molar-refractivity contribution in [3.05, 3.63) is 41.0 Å². The number of carbonyl (C=O) groups is 2. The molecule has 7 heteroatoms. The summed E-state index contributed by atoms with van der Waals surface area (Å²) < 4.78 is 5.11. The highest BCUT2D eigenvalue weighted by Gasteiger charge is 2.25. The van der Waals surface area contributed by atoms with Gasteiger partial charge >= 0.3 is 5.97 Å². The number of nitrogens with one attached hydrogen (secondary N) is 1. The number of halogens is 1. The fraction of sp³-hybridized carbons (Fsp3) is 0.267. The Morgan fingerprint density at radius 2 is 2.05 bits per heavy atom. The molecule has 1 aromatic carbocycles. The second-order valence-electron chi connectivity index (χ2n) is 5.12. The average Bonchev–Trinajstić information content (AvgIpc) is 2.93. The molecule has 1 atom stereocenters. The summed E-state index contributed by atoms with van der Waals surface area (Å²) >= 11 is 5.90. The maximum atomic E-state index is 12.1. The van der Waals surface area contributed by atoms with E-state index >= 15 is 0 Å². The third-order valence-electron chi connectivity index (χ3n) is 3.07. The summed E-state index contributed by atoms with van der Waals surface area (Å²) in [5.74, 6) is -1.56. The second-order valence-corrected chi connectivity index (χ2v) is 5.56. The topological polar surface area (TPSA) is 92.4 Å². The standard InChI is InChI=1S/C15H15ClN2O4/c1-8(2)13(15(20)21)17-14(19)11-7-12(22-18-11)9-4-3-5-10(16)6-9/h3-8,13H,1-2H3,(H,17,19)(H,20,21). The number of benzene rings is 1. The lowest BCUT2D eigenvalue weighted by molar-refractivity contribution is -0.140. The molecule has 22 heavy (non-hydrogen) atoms. The van der Waals surface area contributed by atoms with E-state index < -0.39 is 17.9 Å². The Bertz CT molecular complexity index is 696. The Kier molecular flexibility index (Phi) is 4.82. The number of amides is 1. The van der Waals surface area contributed by atoms with E-state index in [9.17, 15) is 9.59 Å². The highest BCUT2D eigenvalue weighted by atomic mass is 35.5. The molecule has 1 amide bonds. The zero-order valence-corrected chi connectivity index (χ0v) is 12.8. The molecule has 1 aromatic heterocycles. The van der Waals surface area contributed by atoms with Crippen molar-refractivity contribution in [3.8, 4) is 11.3 Å². The maximum absolute atomic E-state index is 12.1. The zero-order valence-electron chi connectivity index (χ0n) is 12.0. The Morgan fingerprint density at radius 1 is 1.32 bits per heavy atom. The van der Waals surface area contributed by atoms with E-state index in [-0.39, 0.29) is 11.6 Å². The first-order chi connectivity index (χ1) is 10.4. The Labute approximate surface area is 132 Å². The monoisotopic (exact) mass is 322 g/mol. The molecule has 0 saturated carbocycles. The third-order valence-corrected chi connectivity index (χ3v) is 3.31. The first kappa shape index (κ1) is 16.0. The van der Waals surface area contributed by atoms with Crippen molar-refractivity contribution in [1.29, 1.82) is 0 Å². The van der Waals surface area contributed by atoms with Crippen LogP contribution in [0.15, 0.2) is 34.9 Å². The van der Waals surface area contributed by atoms with Crippen molar-refractivity contribution >= 4 is 23.5 Å². The third kappa shape index (κ3) is 3.65. The first-order valence-electron chi connectivity index (χ1n) is 6.65. The van der Waals surface area contributed by atoms with Crippen molar-refractivity contribution in [2.24, 2.45) is 5.92 Å². The molecule has 2 N–H and O–H groups in total. The van der Waals surface area contributed by atoms with Crippen LogP contribution in [0, 0.1) is 5.92 Å². The quantitative estimate of drug-likeness (QED) is 0.883. The van der Waals surface area contributed by atoms with Crippen molar-refractivity contribution < 1.29 is 19.2 Å².